The number of fused-ring (bicyclic) bond motifs is 1. The molecule has 0 spiro atoms. The van der Waals surface area contributed by atoms with Gasteiger partial charge in [-0.25, -0.2) is 9.97 Å². The van der Waals surface area contributed by atoms with Gasteiger partial charge in [0.25, 0.3) is 10.1 Å². The predicted octanol–water partition coefficient (Wildman–Crippen LogP) is 1.23. The minimum absolute atomic E-state index is 0.210. The third-order valence-corrected chi connectivity index (χ3v) is 3.29. The molecule has 0 aromatic carbocycles. The van der Waals surface area contributed by atoms with Crippen LogP contribution in [0.3, 0.4) is 0 Å². The second kappa shape index (κ2) is 8.37. The molecule has 27 heavy (non-hydrogen) atoms. The maximum absolute atomic E-state index is 9.19. The Morgan fingerprint density at radius 3 is 2.63 bits per heavy atom. The molecule has 3 aromatic rings. The third kappa shape index (κ3) is 7.25. The monoisotopic (exact) mass is 393 g/mol. The molecule has 0 fully saturated rings. The van der Waals surface area contributed by atoms with Crippen LogP contribution in [-0.2, 0) is 10.1 Å². The van der Waals surface area contributed by atoms with E-state index in [9.17, 15) is 8.42 Å². The number of hydrogen-bond acceptors (Lipinski definition) is 8. The van der Waals surface area contributed by atoms with Gasteiger partial charge in [0, 0.05) is 30.0 Å². The van der Waals surface area contributed by atoms with Gasteiger partial charge in [-0.15, -0.1) is 0 Å². The second-order valence-electron chi connectivity index (χ2n) is 6.62. The van der Waals surface area contributed by atoms with Gasteiger partial charge in [-0.1, -0.05) is 0 Å². The molecule has 0 saturated carbocycles. The van der Waals surface area contributed by atoms with E-state index in [0.717, 1.165) is 29.7 Å². The molecule has 3 heterocycles. The van der Waals surface area contributed by atoms with Crippen LogP contribution >= 0.6 is 0 Å². The molecular formula is C16H23N7O3S. The summed E-state index contributed by atoms with van der Waals surface area (Å²) < 4.78 is 27.5. The summed E-state index contributed by atoms with van der Waals surface area (Å²) >= 11 is 0. The van der Waals surface area contributed by atoms with Crippen LogP contribution in [0.5, 0.6) is 0 Å². The fourth-order valence-electron chi connectivity index (χ4n) is 2.12. The average Bonchev–Trinajstić information content (AvgIpc) is 2.96. The highest BCUT2D eigenvalue weighted by Gasteiger charge is 2.11. The molecule has 146 valence electrons. The van der Waals surface area contributed by atoms with E-state index in [1.165, 1.54) is 0 Å². The lowest BCUT2D eigenvalue weighted by Gasteiger charge is -2.18. The van der Waals surface area contributed by atoms with E-state index < -0.39 is 10.1 Å². The lowest BCUT2D eigenvalue weighted by Crippen LogP contribution is -2.34. The van der Waals surface area contributed by atoms with Crippen molar-refractivity contribution < 1.29 is 13.0 Å². The quantitative estimate of drug-likeness (QED) is 0.544. The fraction of sp³-hybridized carbons (Fsp3) is 0.375. The molecule has 0 unspecified atom stereocenters. The van der Waals surface area contributed by atoms with Crippen molar-refractivity contribution in [3.8, 4) is 11.3 Å². The van der Waals surface area contributed by atoms with Gasteiger partial charge < -0.3 is 11.1 Å². The molecule has 0 amide bonds. The predicted molar refractivity (Wildman–Crippen MR) is 103 cm³/mol. The first-order valence-electron chi connectivity index (χ1n) is 8.10. The van der Waals surface area contributed by atoms with E-state index in [0.29, 0.717) is 12.2 Å². The Balaban J connectivity index is 0.000000465. The van der Waals surface area contributed by atoms with Gasteiger partial charge in [0.15, 0.2) is 0 Å². The standard InChI is InChI=1S/C15H19N7.CH4O3S/c1-15(2,16)6-9-18-14-17-8-5-12(21-14)11-10-20-22-13(11)4-3-7-19-22;1-5(2,3)4/h3-5,7-8,10H,6,9,16H2,1-2H3,(H,17,18,21);1H3,(H,2,3,4). The molecule has 11 heteroatoms. The van der Waals surface area contributed by atoms with Crippen molar-refractivity contribution in [3.63, 3.8) is 0 Å². The van der Waals surface area contributed by atoms with E-state index in [1.54, 1.807) is 23.2 Å². The smallest absolute Gasteiger partial charge is 0.261 e. The zero-order valence-corrected chi connectivity index (χ0v) is 16.2. The number of nitrogens with zero attached hydrogens (tertiary/aromatic N) is 5. The molecule has 0 aliphatic heterocycles. The van der Waals surface area contributed by atoms with Crippen molar-refractivity contribution in [2.75, 3.05) is 18.1 Å². The number of aromatic nitrogens is 5. The zero-order chi connectivity index (χ0) is 20.1. The Kier molecular flexibility index (Phi) is 6.41. The summed E-state index contributed by atoms with van der Waals surface area (Å²) in [6, 6.07) is 5.70. The van der Waals surface area contributed by atoms with Gasteiger partial charge in [-0.2, -0.15) is 23.2 Å². The third-order valence-electron chi connectivity index (χ3n) is 3.29. The van der Waals surface area contributed by atoms with Crippen LogP contribution in [0.1, 0.15) is 20.3 Å². The van der Waals surface area contributed by atoms with Crippen LogP contribution in [0, 0.1) is 0 Å². The maximum atomic E-state index is 9.19. The molecule has 4 N–H and O–H groups in total. The summed E-state index contributed by atoms with van der Waals surface area (Å²) in [5, 5.41) is 11.6. The minimum Gasteiger partial charge on any atom is -0.354 e. The summed E-state index contributed by atoms with van der Waals surface area (Å²) in [6.45, 7) is 4.72. The van der Waals surface area contributed by atoms with Gasteiger partial charge in [-0.3, -0.25) is 4.55 Å². The summed E-state index contributed by atoms with van der Waals surface area (Å²) in [5.74, 6) is 0.588. The van der Waals surface area contributed by atoms with Crippen molar-refractivity contribution in [3.05, 3.63) is 36.8 Å². The molecule has 3 rings (SSSR count). The van der Waals surface area contributed by atoms with Crippen molar-refractivity contribution in [2.45, 2.75) is 25.8 Å². The van der Waals surface area contributed by atoms with Crippen LogP contribution in [0.2, 0.25) is 0 Å². The average molecular weight is 393 g/mol. The Morgan fingerprint density at radius 1 is 1.26 bits per heavy atom. The number of anilines is 1. The van der Waals surface area contributed by atoms with Gasteiger partial charge in [0.05, 0.1) is 23.7 Å². The molecule has 0 saturated heterocycles. The Bertz CT molecular complexity index is 988. The lowest BCUT2D eigenvalue weighted by molar-refractivity contribution is 0.489. The highest BCUT2D eigenvalue weighted by Crippen LogP contribution is 2.22. The van der Waals surface area contributed by atoms with Gasteiger partial charge >= 0.3 is 0 Å². The number of nitrogens with one attached hydrogen (secondary N) is 1. The molecule has 3 aromatic heterocycles. The summed E-state index contributed by atoms with van der Waals surface area (Å²) in [5.41, 5.74) is 8.41. The topological polar surface area (TPSA) is 148 Å². The molecule has 0 bridgehead atoms. The Morgan fingerprint density at radius 2 is 1.96 bits per heavy atom. The fourth-order valence-corrected chi connectivity index (χ4v) is 2.12. The molecule has 10 nitrogen and oxygen atoms in total. The largest absolute Gasteiger partial charge is 0.354 e. The molecule has 0 aliphatic rings. The Labute approximate surface area is 157 Å². The first-order valence-corrected chi connectivity index (χ1v) is 9.95. The normalized spacial score (nSPS) is 11.7. The first-order chi connectivity index (χ1) is 12.5. The number of rotatable bonds is 5. The second-order valence-corrected chi connectivity index (χ2v) is 8.09. The van der Waals surface area contributed by atoms with Gasteiger partial charge in [0.2, 0.25) is 5.95 Å². The first kappa shape index (κ1) is 20.7. The van der Waals surface area contributed by atoms with Crippen molar-refractivity contribution in [2.24, 2.45) is 5.73 Å². The molecule has 0 radical (unpaired) electrons. The summed E-state index contributed by atoms with van der Waals surface area (Å²) in [6.07, 6.45) is 6.75. The van der Waals surface area contributed by atoms with E-state index in [-0.39, 0.29) is 5.54 Å². The van der Waals surface area contributed by atoms with Crippen molar-refractivity contribution in [1.82, 2.24) is 24.8 Å². The van der Waals surface area contributed by atoms with E-state index in [2.05, 4.69) is 25.5 Å². The minimum atomic E-state index is -3.67. The van der Waals surface area contributed by atoms with Crippen LogP contribution in [-0.4, -0.2) is 56.1 Å². The van der Waals surface area contributed by atoms with Crippen molar-refractivity contribution >= 4 is 21.6 Å². The molecular weight excluding hydrogens is 370 g/mol. The van der Waals surface area contributed by atoms with E-state index in [4.69, 9.17) is 10.3 Å². The summed E-state index contributed by atoms with van der Waals surface area (Å²) in [7, 11) is -3.67. The highest BCUT2D eigenvalue weighted by molar-refractivity contribution is 7.85. The van der Waals surface area contributed by atoms with Gasteiger partial charge in [-0.05, 0) is 38.5 Å². The van der Waals surface area contributed by atoms with Crippen LogP contribution < -0.4 is 11.1 Å². The maximum Gasteiger partial charge on any atom is 0.261 e. The van der Waals surface area contributed by atoms with E-state index >= 15 is 0 Å². The van der Waals surface area contributed by atoms with Gasteiger partial charge in [0.1, 0.15) is 0 Å². The highest BCUT2D eigenvalue weighted by atomic mass is 32.2. The number of nitrogens with two attached hydrogens (primary N) is 1. The SMILES string of the molecule is CC(C)(N)CCNc1nccc(-c2cnn3ncccc23)n1.CS(=O)(=O)O. The Hall–Kier alpha value is -2.63. The van der Waals surface area contributed by atoms with Crippen molar-refractivity contribution in [1.29, 1.82) is 0 Å². The summed E-state index contributed by atoms with van der Waals surface area (Å²) in [4.78, 5) is 8.78. The van der Waals surface area contributed by atoms with Crippen LogP contribution in [0.4, 0.5) is 5.95 Å². The molecule has 0 atom stereocenters. The van der Waals surface area contributed by atoms with Crippen LogP contribution in [0.25, 0.3) is 16.8 Å². The van der Waals surface area contributed by atoms with Crippen LogP contribution in [0.15, 0.2) is 36.8 Å². The lowest BCUT2D eigenvalue weighted by atomic mass is 10.0. The molecule has 0 aliphatic carbocycles. The number of hydrogen-bond donors (Lipinski definition) is 3. The zero-order valence-electron chi connectivity index (χ0n) is 15.4. The van der Waals surface area contributed by atoms with E-state index in [1.807, 2.05) is 32.0 Å².